The van der Waals surface area contributed by atoms with Crippen molar-refractivity contribution in [2.24, 2.45) is 0 Å². The molecule has 0 saturated carbocycles. The molecular weight excluding hydrogens is 235 g/mol. The van der Waals surface area contributed by atoms with Crippen LogP contribution in [0.15, 0.2) is 35.0 Å². The van der Waals surface area contributed by atoms with Crippen LogP contribution in [0.2, 0.25) is 0 Å². The lowest BCUT2D eigenvalue weighted by molar-refractivity contribution is 0.175. The summed E-state index contributed by atoms with van der Waals surface area (Å²) in [6.07, 6.45) is 0.670. The SMILES string of the molecule is Cc1ccc(F)cc1CC(O)Cc1ccsc1. The number of benzene rings is 1. The summed E-state index contributed by atoms with van der Waals surface area (Å²) in [4.78, 5) is 0. The molecule has 1 nitrogen and oxygen atoms in total. The van der Waals surface area contributed by atoms with Crippen LogP contribution in [0.3, 0.4) is 0 Å². The third-order valence-corrected chi connectivity index (χ3v) is 3.55. The molecule has 1 heterocycles. The summed E-state index contributed by atoms with van der Waals surface area (Å²) in [5.74, 6) is -0.242. The van der Waals surface area contributed by atoms with E-state index in [1.54, 1.807) is 17.4 Å². The molecule has 0 bridgehead atoms. The molecule has 0 radical (unpaired) electrons. The highest BCUT2D eigenvalue weighted by atomic mass is 32.1. The van der Waals surface area contributed by atoms with Crippen LogP contribution in [0.5, 0.6) is 0 Å². The second-order valence-electron chi connectivity index (χ2n) is 4.26. The molecule has 0 aliphatic heterocycles. The summed E-state index contributed by atoms with van der Waals surface area (Å²) < 4.78 is 13.1. The average molecular weight is 250 g/mol. The van der Waals surface area contributed by atoms with E-state index in [-0.39, 0.29) is 5.82 Å². The third kappa shape index (κ3) is 3.38. The summed E-state index contributed by atoms with van der Waals surface area (Å²) >= 11 is 1.62. The van der Waals surface area contributed by atoms with E-state index >= 15 is 0 Å². The maximum absolute atomic E-state index is 13.1. The number of halogens is 1. The van der Waals surface area contributed by atoms with Crippen molar-refractivity contribution >= 4 is 11.3 Å². The van der Waals surface area contributed by atoms with Gasteiger partial charge in [-0.1, -0.05) is 6.07 Å². The minimum atomic E-state index is -0.454. The minimum absolute atomic E-state index is 0.242. The normalized spacial score (nSPS) is 12.6. The highest BCUT2D eigenvalue weighted by Gasteiger charge is 2.09. The number of thiophene rings is 1. The number of rotatable bonds is 4. The van der Waals surface area contributed by atoms with E-state index in [1.807, 2.05) is 23.8 Å². The molecule has 2 aromatic rings. The minimum Gasteiger partial charge on any atom is -0.392 e. The van der Waals surface area contributed by atoms with Gasteiger partial charge < -0.3 is 5.11 Å². The Morgan fingerprint density at radius 2 is 2.12 bits per heavy atom. The summed E-state index contributed by atoms with van der Waals surface area (Å²) in [6.45, 7) is 1.94. The number of aliphatic hydroxyl groups excluding tert-OH is 1. The zero-order valence-electron chi connectivity index (χ0n) is 9.69. The molecular formula is C14H15FOS. The van der Waals surface area contributed by atoms with Gasteiger partial charge in [0.2, 0.25) is 0 Å². The summed E-state index contributed by atoms with van der Waals surface area (Å²) in [6, 6.07) is 6.71. The molecule has 17 heavy (non-hydrogen) atoms. The maximum Gasteiger partial charge on any atom is 0.123 e. The quantitative estimate of drug-likeness (QED) is 0.882. The van der Waals surface area contributed by atoms with E-state index in [4.69, 9.17) is 0 Å². The van der Waals surface area contributed by atoms with E-state index < -0.39 is 6.10 Å². The highest BCUT2D eigenvalue weighted by Crippen LogP contribution is 2.15. The molecule has 0 aliphatic rings. The Labute approximate surface area is 105 Å². The number of aryl methyl sites for hydroxylation is 1. The fraction of sp³-hybridized carbons (Fsp3) is 0.286. The Bertz CT molecular complexity index is 479. The van der Waals surface area contributed by atoms with Crippen molar-refractivity contribution in [3.05, 3.63) is 57.5 Å². The van der Waals surface area contributed by atoms with Crippen LogP contribution in [0.1, 0.15) is 16.7 Å². The fourth-order valence-corrected chi connectivity index (χ4v) is 2.55. The van der Waals surface area contributed by atoms with Gasteiger partial charge in [-0.15, -0.1) is 0 Å². The average Bonchev–Trinajstić information content (AvgIpc) is 2.76. The van der Waals surface area contributed by atoms with Gasteiger partial charge >= 0.3 is 0 Å². The molecule has 1 N–H and O–H groups in total. The van der Waals surface area contributed by atoms with E-state index in [1.165, 1.54) is 12.1 Å². The van der Waals surface area contributed by atoms with Crippen LogP contribution in [-0.2, 0) is 12.8 Å². The van der Waals surface area contributed by atoms with Crippen molar-refractivity contribution in [1.29, 1.82) is 0 Å². The maximum atomic E-state index is 13.1. The van der Waals surface area contributed by atoms with Gasteiger partial charge in [-0.2, -0.15) is 11.3 Å². The van der Waals surface area contributed by atoms with Crippen molar-refractivity contribution in [3.8, 4) is 0 Å². The van der Waals surface area contributed by atoms with Gasteiger partial charge in [0.25, 0.3) is 0 Å². The highest BCUT2D eigenvalue weighted by molar-refractivity contribution is 7.07. The Morgan fingerprint density at radius 3 is 2.82 bits per heavy atom. The van der Waals surface area contributed by atoms with Gasteiger partial charge in [-0.3, -0.25) is 0 Å². The summed E-state index contributed by atoms with van der Waals surface area (Å²) in [7, 11) is 0. The first-order valence-electron chi connectivity index (χ1n) is 5.59. The van der Waals surface area contributed by atoms with E-state index in [0.29, 0.717) is 12.8 Å². The Morgan fingerprint density at radius 1 is 1.29 bits per heavy atom. The van der Waals surface area contributed by atoms with Gasteiger partial charge in [0.05, 0.1) is 6.10 Å². The molecule has 0 amide bonds. The smallest absolute Gasteiger partial charge is 0.123 e. The van der Waals surface area contributed by atoms with Gasteiger partial charge in [0.1, 0.15) is 5.82 Å². The lowest BCUT2D eigenvalue weighted by atomic mass is 9.99. The van der Waals surface area contributed by atoms with Crippen molar-refractivity contribution in [2.75, 3.05) is 0 Å². The Hall–Kier alpha value is -1.19. The van der Waals surface area contributed by atoms with E-state index in [0.717, 1.165) is 16.7 Å². The van der Waals surface area contributed by atoms with Crippen molar-refractivity contribution in [3.63, 3.8) is 0 Å². The zero-order chi connectivity index (χ0) is 12.3. The van der Waals surface area contributed by atoms with Gasteiger partial charge in [-0.25, -0.2) is 4.39 Å². The Balaban J connectivity index is 2.02. The molecule has 90 valence electrons. The fourth-order valence-electron chi connectivity index (χ4n) is 1.87. The first kappa shape index (κ1) is 12.3. The Kier molecular flexibility index (Phi) is 3.92. The summed E-state index contributed by atoms with van der Waals surface area (Å²) in [5, 5.41) is 14.0. The number of hydrogen-bond donors (Lipinski definition) is 1. The van der Waals surface area contributed by atoms with Crippen LogP contribution in [0, 0.1) is 12.7 Å². The molecule has 0 aliphatic carbocycles. The van der Waals surface area contributed by atoms with Gasteiger partial charge in [0.15, 0.2) is 0 Å². The van der Waals surface area contributed by atoms with Crippen LogP contribution in [0.4, 0.5) is 4.39 Å². The van der Waals surface area contributed by atoms with Crippen molar-refractivity contribution in [1.82, 2.24) is 0 Å². The molecule has 0 saturated heterocycles. The van der Waals surface area contributed by atoms with Crippen molar-refractivity contribution in [2.45, 2.75) is 25.9 Å². The third-order valence-electron chi connectivity index (χ3n) is 2.82. The molecule has 2 rings (SSSR count). The summed E-state index contributed by atoms with van der Waals surface area (Å²) in [5.41, 5.74) is 3.04. The van der Waals surface area contributed by atoms with Gasteiger partial charge in [0, 0.05) is 0 Å². The second kappa shape index (κ2) is 5.43. The van der Waals surface area contributed by atoms with Crippen LogP contribution < -0.4 is 0 Å². The topological polar surface area (TPSA) is 20.2 Å². The molecule has 1 aromatic carbocycles. The molecule has 1 atom stereocenters. The predicted molar refractivity (Wildman–Crippen MR) is 68.9 cm³/mol. The first-order valence-corrected chi connectivity index (χ1v) is 6.53. The van der Waals surface area contributed by atoms with Crippen molar-refractivity contribution < 1.29 is 9.50 Å². The molecule has 1 aromatic heterocycles. The van der Waals surface area contributed by atoms with Gasteiger partial charge in [-0.05, 0) is 65.4 Å². The van der Waals surface area contributed by atoms with E-state index in [9.17, 15) is 9.50 Å². The molecule has 1 unspecified atom stereocenters. The molecule has 3 heteroatoms. The van der Waals surface area contributed by atoms with E-state index in [2.05, 4.69) is 0 Å². The lowest BCUT2D eigenvalue weighted by Gasteiger charge is -2.11. The standard InChI is InChI=1S/C14H15FOS/c1-10-2-3-13(15)7-12(10)8-14(16)6-11-4-5-17-9-11/h2-5,7,9,14,16H,6,8H2,1H3. The molecule has 0 spiro atoms. The first-order chi connectivity index (χ1) is 8.15. The van der Waals surface area contributed by atoms with Crippen LogP contribution in [0.25, 0.3) is 0 Å². The predicted octanol–water partition coefficient (Wildman–Crippen LogP) is 3.34. The lowest BCUT2D eigenvalue weighted by Crippen LogP contribution is -2.14. The van der Waals surface area contributed by atoms with Crippen LogP contribution >= 0.6 is 11.3 Å². The monoisotopic (exact) mass is 250 g/mol. The number of hydrogen-bond acceptors (Lipinski definition) is 2. The van der Waals surface area contributed by atoms with Crippen LogP contribution in [-0.4, -0.2) is 11.2 Å². The molecule has 0 fully saturated rings. The largest absolute Gasteiger partial charge is 0.392 e. The second-order valence-corrected chi connectivity index (χ2v) is 5.04. The number of aliphatic hydroxyl groups is 1. The zero-order valence-corrected chi connectivity index (χ0v) is 10.5.